The molecule has 0 unspecified atom stereocenters. The molecule has 0 aliphatic heterocycles. The molecule has 0 saturated heterocycles. The number of aromatic nitrogens is 4. The summed E-state index contributed by atoms with van der Waals surface area (Å²) < 4.78 is 4.97. The van der Waals surface area contributed by atoms with Crippen molar-refractivity contribution in [3.8, 4) is 0 Å². The van der Waals surface area contributed by atoms with Crippen LogP contribution in [0.3, 0.4) is 0 Å². The number of nitrogens with zero attached hydrogens (tertiary/aromatic N) is 5. The number of nitrogens with one attached hydrogen (secondary N) is 1. The molecule has 2 heterocycles. The molecule has 2 aromatic rings. The summed E-state index contributed by atoms with van der Waals surface area (Å²) in [6.45, 7) is 2.11. The van der Waals surface area contributed by atoms with E-state index in [0.717, 1.165) is 18.8 Å². The Balaban J connectivity index is 1.89. The molecule has 2 aromatic heterocycles. The zero-order valence-electron chi connectivity index (χ0n) is 12.4. The summed E-state index contributed by atoms with van der Waals surface area (Å²) in [5.74, 6) is 1.30. The first-order valence-corrected chi connectivity index (χ1v) is 6.82. The van der Waals surface area contributed by atoms with Crippen LogP contribution in [0.4, 0.5) is 11.8 Å². The van der Waals surface area contributed by atoms with Gasteiger partial charge < -0.3 is 15.0 Å². The highest BCUT2D eigenvalue weighted by Gasteiger charge is 2.05. The molecule has 7 heteroatoms. The predicted molar refractivity (Wildman–Crippen MR) is 81.4 cm³/mol. The maximum atomic E-state index is 4.97. The van der Waals surface area contributed by atoms with Crippen molar-refractivity contribution in [2.45, 2.75) is 6.42 Å². The van der Waals surface area contributed by atoms with Gasteiger partial charge in [0.05, 0.1) is 12.8 Å². The van der Waals surface area contributed by atoms with Gasteiger partial charge in [0.2, 0.25) is 5.95 Å². The van der Waals surface area contributed by atoms with Crippen LogP contribution < -0.4 is 10.2 Å². The number of hydrogen-bond acceptors (Lipinski definition) is 7. The van der Waals surface area contributed by atoms with Gasteiger partial charge in [-0.3, -0.25) is 4.98 Å². The van der Waals surface area contributed by atoms with Crippen LogP contribution >= 0.6 is 0 Å². The van der Waals surface area contributed by atoms with Crippen molar-refractivity contribution in [1.82, 2.24) is 20.2 Å². The van der Waals surface area contributed by atoms with E-state index in [1.165, 1.54) is 5.56 Å². The van der Waals surface area contributed by atoms with Gasteiger partial charge in [-0.1, -0.05) is 0 Å². The number of rotatable bonds is 8. The normalized spacial score (nSPS) is 10.4. The van der Waals surface area contributed by atoms with E-state index >= 15 is 0 Å². The van der Waals surface area contributed by atoms with E-state index in [2.05, 4.69) is 30.4 Å². The lowest BCUT2D eigenvalue weighted by Gasteiger charge is -2.18. The summed E-state index contributed by atoms with van der Waals surface area (Å²) in [4.78, 5) is 10.5. The van der Waals surface area contributed by atoms with Crippen LogP contribution in [0, 0.1) is 0 Å². The molecule has 0 bridgehead atoms. The molecule has 2 rings (SSSR count). The van der Waals surface area contributed by atoms with E-state index in [-0.39, 0.29) is 0 Å². The second-order valence-corrected chi connectivity index (χ2v) is 4.58. The summed E-state index contributed by atoms with van der Waals surface area (Å²) >= 11 is 0. The Morgan fingerprint density at radius 1 is 1.29 bits per heavy atom. The number of hydrogen-bond donors (Lipinski definition) is 1. The molecule has 0 aromatic carbocycles. The summed E-state index contributed by atoms with van der Waals surface area (Å²) in [6.07, 6.45) is 6.20. The maximum absolute atomic E-state index is 4.97. The van der Waals surface area contributed by atoms with Crippen LogP contribution in [0.15, 0.2) is 30.7 Å². The Kier molecular flexibility index (Phi) is 5.83. The quantitative estimate of drug-likeness (QED) is 0.726. The molecule has 1 N–H and O–H groups in total. The van der Waals surface area contributed by atoms with Crippen LogP contribution in [-0.4, -0.2) is 54.0 Å². The second kappa shape index (κ2) is 8.11. The van der Waals surface area contributed by atoms with E-state index in [1.54, 1.807) is 25.7 Å². The molecule has 112 valence electrons. The van der Waals surface area contributed by atoms with Crippen LogP contribution in [0.2, 0.25) is 0 Å². The lowest BCUT2D eigenvalue weighted by Crippen LogP contribution is -2.22. The third kappa shape index (κ3) is 4.96. The first kappa shape index (κ1) is 15.1. The maximum Gasteiger partial charge on any atom is 0.244 e. The molecule has 0 fully saturated rings. The Bertz CT molecular complexity index is 536. The minimum Gasteiger partial charge on any atom is -0.383 e. The fraction of sp³-hybridized carbons (Fsp3) is 0.429. The van der Waals surface area contributed by atoms with Crippen LogP contribution in [0.5, 0.6) is 0 Å². The van der Waals surface area contributed by atoms with Gasteiger partial charge in [-0.15, -0.1) is 5.10 Å². The zero-order chi connectivity index (χ0) is 14.9. The van der Waals surface area contributed by atoms with Crippen LogP contribution in [0.1, 0.15) is 5.56 Å². The van der Waals surface area contributed by atoms with Crippen LogP contribution in [0.25, 0.3) is 0 Å². The van der Waals surface area contributed by atoms with Gasteiger partial charge in [-0.25, -0.2) is 0 Å². The molecule has 0 aliphatic rings. The molecule has 0 spiro atoms. The van der Waals surface area contributed by atoms with Crippen molar-refractivity contribution in [3.05, 3.63) is 36.3 Å². The first-order chi connectivity index (χ1) is 10.3. The average Bonchev–Trinajstić information content (AvgIpc) is 2.54. The molecule has 0 amide bonds. The highest BCUT2D eigenvalue weighted by Crippen LogP contribution is 2.09. The summed E-state index contributed by atoms with van der Waals surface area (Å²) in [7, 11) is 3.65. The third-order valence-corrected chi connectivity index (χ3v) is 3.01. The van der Waals surface area contributed by atoms with Crippen molar-refractivity contribution in [1.29, 1.82) is 0 Å². The van der Waals surface area contributed by atoms with Crippen LogP contribution in [-0.2, 0) is 11.2 Å². The fourth-order valence-electron chi connectivity index (χ4n) is 1.78. The summed E-state index contributed by atoms with van der Waals surface area (Å²) in [5, 5.41) is 11.0. The van der Waals surface area contributed by atoms with E-state index in [0.29, 0.717) is 19.1 Å². The highest BCUT2D eigenvalue weighted by molar-refractivity contribution is 5.39. The highest BCUT2D eigenvalue weighted by atomic mass is 16.5. The van der Waals surface area contributed by atoms with Crippen molar-refractivity contribution < 1.29 is 4.74 Å². The zero-order valence-corrected chi connectivity index (χ0v) is 12.4. The Morgan fingerprint density at radius 3 is 2.86 bits per heavy atom. The van der Waals surface area contributed by atoms with E-state index < -0.39 is 0 Å². The SMILES string of the molecule is COCCNc1nncc(N(C)CCc2ccncc2)n1. The van der Waals surface area contributed by atoms with Crippen molar-refractivity contribution >= 4 is 11.8 Å². The third-order valence-electron chi connectivity index (χ3n) is 3.01. The van der Waals surface area contributed by atoms with Gasteiger partial charge in [-0.05, 0) is 24.1 Å². The number of pyridine rings is 1. The van der Waals surface area contributed by atoms with Crippen molar-refractivity contribution in [3.63, 3.8) is 0 Å². The summed E-state index contributed by atoms with van der Waals surface area (Å²) in [6, 6.07) is 4.04. The molecular formula is C14H20N6O. The van der Waals surface area contributed by atoms with Gasteiger partial charge in [0.1, 0.15) is 0 Å². The molecule has 0 aliphatic carbocycles. The number of anilines is 2. The average molecular weight is 288 g/mol. The number of likely N-dealkylation sites (N-methyl/N-ethyl adjacent to an activating group) is 1. The predicted octanol–water partition coefficient (Wildman–Crippen LogP) is 1.00. The number of methoxy groups -OCH3 is 1. The lowest BCUT2D eigenvalue weighted by molar-refractivity contribution is 0.210. The van der Waals surface area contributed by atoms with Crippen molar-refractivity contribution in [2.75, 3.05) is 44.1 Å². The molecule has 21 heavy (non-hydrogen) atoms. The smallest absolute Gasteiger partial charge is 0.244 e. The minimum absolute atomic E-state index is 0.514. The Hall–Kier alpha value is -2.28. The van der Waals surface area contributed by atoms with Gasteiger partial charge in [-0.2, -0.15) is 10.1 Å². The van der Waals surface area contributed by atoms with E-state index in [1.807, 2.05) is 19.2 Å². The largest absolute Gasteiger partial charge is 0.383 e. The molecular weight excluding hydrogens is 268 g/mol. The Morgan fingerprint density at radius 2 is 2.10 bits per heavy atom. The van der Waals surface area contributed by atoms with Gasteiger partial charge in [0.25, 0.3) is 0 Å². The molecule has 7 nitrogen and oxygen atoms in total. The number of ether oxygens (including phenoxy) is 1. The van der Waals surface area contributed by atoms with E-state index in [4.69, 9.17) is 4.74 Å². The fourth-order valence-corrected chi connectivity index (χ4v) is 1.78. The van der Waals surface area contributed by atoms with E-state index in [9.17, 15) is 0 Å². The van der Waals surface area contributed by atoms with Gasteiger partial charge in [0.15, 0.2) is 5.82 Å². The lowest BCUT2D eigenvalue weighted by atomic mass is 10.2. The van der Waals surface area contributed by atoms with Gasteiger partial charge in [0, 0.05) is 39.6 Å². The summed E-state index contributed by atoms with van der Waals surface area (Å²) in [5.41, 5.74) is 1.25. The standard InChI is InChI=1S/C14H20N6O/c1-20(9-5-12-3-6-15-7-4-12)13-11-17-19-14(18-13)16-8-10-21-2/h3-4,6-7,11H,5,8-10H2,1-2H3,(H,16,18,19). The molecule has 0 atom stereocenters. The monoisotopic (exact) mass is 288 g/mol. The first-order valence-electron chi connectivity index (χ1n) is 6.82. The Labute approximate surface area is 124 Å². The second-order valence-electron chi connectivity index (χ2n) is 4.58. The molecule has 0 radical (unpaired) electrons. The van der Waals surface area contributed by atoms with Crippen molar-refractivity contribution in [2.24, 2.45) is 0 Å². The van der Waals surface area contributed by atoms with Gasteiger partial charge >= 0.3 is 0 Å². The topological polar surface area (TPSA) is 76.1 Å². The molecule has 0 saturated carbocycles. The minimum atomic E-state index is 0.514.